The average molecular weight is 509 g/mol. The molecule has 6 heteroatoms. The van der Waals surface area contributed by atoms with Gasteiger partial charge in [0.15, 0.2) is 9.84 Å². The number of unbranched alkanes of at least 4 members (excludes halogenated alkanes) is 4. The molecule has 0 amide bonds. The quantitative estimate of drug-likeness (QED) is 0.307. The van der Waals surface area contributed by atoms with Crippen molar-refractivity contribution in [3.63, 3.8) is 0 Å². The number of sulfone groups is 1. The Labute approximate surface area is 214 Å². The van der Waals surface area contributed by atoms with Gasteiger partial charge in [-0.05, 0) is 72.2 Å². The molecule has 192 valence electrons. The fourth-order valence-electron chi connectivity index (χ4n) is 6.03. The molecule has 2 aliphatic rings. The molecule has 2 bridgehead atoms. The van der Waals surface area contributed by atoms with Crippen LogP contribution in [0.1, 0.15) is 56.1 Å². The molecule has 0 unspecified atom stereocenters. The third kappa shape index (κ3) is 5.51. The molecule has 4 atom stereocenters. The molecule has 2 fully saturated rings. The summed E-state index contributed by atoms with van der Waals surface area (Å²) in [5, 5.41) is 9.13. The van der Waals surface area contributed by atoms with Crippen molar-refractivity contribution < 1.29 is 12.8 Å². The first-order valence-electron chi connectivity index (χ1n) is 13.4. The molecule has 3 aromatic rings. The normalized spacial score (nSPS) is 23.5. The first-order chi connectivity index (χ1) is 17.6. The van der Waals surface area contributed by atoms with Gasteiger partial charge in [-0.2, -0.15) is 0 Å². The fraction of sp³-hybridized carbons (Fsp3) is 0.467. The SMILES string of the molecule is O=S(=O)(c1ccc(CCCCCCCF)cc1)[C@H]1[C@H](NCc2ccc3ccccc3c2)[C@H]2CC[C@@H]1N2. The third-order valence-electron chi connectivity index (χ3n) is 7.97. The molecule has 2 aliphatic heterocycles. The molecule has 0 radical (unpaired) electrons. The number of hydrogen-bond donors (Lipinski definition) is 2. The summed E-state index contributed by atoms with van der Waals surface area (Å²) in [7, 11) is -3.47. The van der Waals surface area contributed by atoms with E-state index in [9.17, 15) is 12.8 Å². The number of rotatable bonds is 12. The lowest BCUT2D eigenvalue weighted by Crippen LogP contribution is -2.50. The lowest BCUT2D eigenvalue weighted by molar-refractivity contribution is 0.409. The highest BCUT2D eigenvalue weighted by atomic mass is 32.2. The molecule has 0 spiro atoms. The summed E-state index contributed by atoms with van der Waals surface area (Å²) < 4.78 is 39.8. The second-order valence-electron chi connectivity index (χ2n) is 10.4. The molecule has 2 saturated heterocycles. The van der Waals surface area contributed by atoms with Gasteiger partial charge in [0.1, 0.15) is 0 Å². The van der Waals surface area contributed by atoms with Crippen LogP contribution in [0.2, 0.25) is 0 Å². The van der Waals surface area contributed by atoms with Gasteiger partial charge in [0.05, 0.1) is 16.8 Å². The van der Waals surface area contributed by atoms with Gasteiger partial charge in [-0.15, -0.1) is 0 Å². The Morgan fingerprint density at radius 1 is 0.806 bits per heavy atom. The predicted octanol–water partition coefficient (Wildman–Crippen LogP) is 5.74. The molecular weight excluding hydrogens is 471 g/mol. The molecule has 2 heterocycles. The van der Waals surface area contributed by atoms with Crippen LogP contribution in [0.5, 0.6) is 0 Å². The van der Waals surface area contributed by atoms with Gasteiger partial charge in [-0.3, -0.25) is 4.39 Å². The maximum Gasteiger partial charge on any atom is 0.184 e. The van der Waals surface area contributed by atoms with E-state index in [2.05, 4.69) is 41.0 Å². The zero-order chi connectivity index (χ0) is 25.0. The number of aryl methyl sites for hydroxylation is 1. The van der Waals surface area contributed by atoms with Crippen molar-refractivity contribution in [3.8, 4) is 0 Å². The second-order valence-corrected chi connectivity index (χ2v) is 12.5. The van der Waals surface area contributed by atoms with Crippen LogP contribution in [-0.4, -0.2) is 38.5 Å². The van der Waals surface area contributed by atoms with Gasteiger partial charge in [0.2, 0.25) is 0 Å². The van der Waals surface area contributed by atoms with Crippen LogP contribution in [-0.2, 0) is 22.8 Å². The van der Waals surface area contributed by atoms with Crippen molar-refractivity contribution in [2.45, 2.75) is 86.2 Å². The first kappa shape index (κ1) is 25.4. The Balaban J connectivity index is 1.24. The topological polar surface area (TPSA) is 58.2 Å². The molecule has 5 rings (SSSR count). The molecule has 0 aromatic heterocycles. The van der Waals surface area contributed by atoms with E-state index in [1.165, 1.54) is 16.3 Å². The molecular formula is C30H37FN2O2S. The van der Waals surface area contributed by atoms with E-state index in [4.69, 9.17) is 0 Å². The first-order valence-corrected chi connectivity index (χ1v) is 15.0. The molecule has 0 saturated carbocycles. The smallest absolute Gasteiger partial charge is 0.184 e. The van der Waals surface area contributed by atoms with Crippen LogP contribution in [0.15, 0.2) is 71.6 Å². The van der Waals surface area contributed by atoms with Gasteiger partial charge >= 0.3 is 0 Å². The Morgan fingerprint density at radius 2 is 1.50 bits per heavy atom. The Morgan fingerprint density at radius 3 is 2.31 bits per heavy atom. The van der Waals surface area contributed by atoms with E-state index in [0.717, 1.165) is 50.5 Å². The number of hydrogen-bond acceptors (Lipinski definition) is 4. The van der Waals surface area contributed by atoms with E-state index >= 15 is 0 Å². The minimum Gasteiger partial charge on any atom is -0.308 e. The van der Waals surface area contributed by atoms with E-state index in [1.54, 1.807) is 12.1 Å². The molecule has 0 aliphatic carbocycles. The van der Waals surface area contributed by atoms with Gasteiger partial charge in [0.25, 0.3) is 0 Å². The fourth-order valence-corrected chi connectivity index (χ4v) is 8.18. The average Bonchev–Trinajstić information content (AvgIpc) is 3.52. The number of halogens is 1. The van der Waals surface area contributed by atoms with Crippen molar-refractivity contribution in [2.24, 2.45) is 0 Å². The van der Waals surface area contributed by atoms with Crippen LogP contribution >= 0.6 is 0 Å². The second kappa shape index (κ2) is 11.4. The van der Waals surface area contributed by atoms with E-state index < -0.39 is 15.1 Å². The number of fused-ring (bicyclic) bond motifs is 3. The van der Waals surface area contributed by atoms with Crippen molar-refractivity contribution in [1.82, 2.24) is 10.6 Å². The highest BCUT2D eigenvalue weighted by Gasteiger charge is 2.53. The molecule has 36 heavy (non-hydrogen) atoms. The Hall–Kier alpha value is -2.28. The summed E-state index contributed by atoms with van der Waals surface area (Å²) >= 11 is 0. The molecule has 2 N–H and O–H groups in total. The maximum atomic E-state index is 13.8. The van der Waals surface area contributed by atoms with Crippen molar-refractivity contribution in [1.29, 1.82) is 0 Å². The number of alkyl halides is 1. The monoisotopic (exact) mass is 508 g/mol. The zero-order valence-electron chi connectivity index (χ0n) is 20.8. The van der Waals surface area contributed by atoms with Crippen molar-refractivity contribution >= 4 is 20.6 Å². The number of benzene rings is 3. The van der Waals surface area contributed by atoms with Gasteiger partial charge in [0, 0.05) is 24.7 Å². The van der Waals surface area contributed by atoms with Crippen LogP contribution in [0.25, 0.3) is 10.8 Å². The van der Waals surface area contributed by atoms with E-state index in [0.29, 0.717) is 17.9 Å². The molecule has 4 nitrogen and oxygen atoms in total. The lowest BCUT2D eigenvalue weighted by Gasteiger charge is -2.30. The standard InChI is InChI=1S/C30H37FN2O2S/c31-19-7-3-1-2-4-8-22-12-15-26(16-13-22)36(34,35)30-28-18-17-27(33-28)29(30)32-21-23-11-14-24-9-5-6-10-25(24)20-23/h5-6,9-16,20,27-30,32-33H,1-4,7-8,17-19,21H2/t27-,28+,29-,30-/m1/s1. The lowest BCUT2D eigenvalue weighted by atomic mass is 9.94. The highest BCUT2D eigenvalue weighted by molar-refractivity contribution is 7.92. The largest absolute Gasteiger partial charge is 0.308 e. The minimum absolute atomic E-state index is 0.00176. The van der Waals surface area contributed by atoms with Crippen molar-refractivity contribution in [3.05, 3.63) is 77.9 Å². The minimum atomic E-state index is -3.47. The number of nitrogens with one attached hydrogen (secondary N) is 2. The van der Waals surface area contributed by atoms with E-state index in [1.807, 2.05) is 24.3 Å². The summed E-state index contributed by atoms with van der Waals surface area (Å²) in [6, 6.07) is 22.3. The van der Waals surface area contributed by atoms with Crippen molar-refractivity contribution in [2.75, 3.05) is 6.67 Å². The summed E-state index contributed by atoms with van der Waals surface area (Å²) in [6.07, 6.45) is 7.64. The Kier molecular flexibility index (Phi) is 8.04. The van der Waals surface area contributed by atoms with Gasteiger partial charge in [-0.25, -0.2) is 8.42 Å². The summed E-state index contributed by atoms with van der Waals surface area (Å²) in [5.41, 5.74) is 2.33. The Bertz CT molecular complexity index is 1260. The summed E-state index contributed by atoms with van der Waals surface area (Å²) in [4.78, 5) is 0.422. The predicted molar refractivity (Wildman–Crippen MR) is 145 cm³/mol. The van der Waals surface area contributed by atoms with Crippen LogP contribution in [0, 0.1) is 0 Å². The van der Waals surface area contributed by atoms with Gasteiger partial charge in [-0.1, -0.05) is 67.8 Å². The third-order valence-corrected chi connectivity index (χ3v) is 10.2. The van der Waals surface area contributed by atoms with E-state index in [-0.39, 0.29) is 24.8 Å². The summed E-state index contributed by atoms with van der Waals surface area (Å²) in [6.45, 7) is 0.421. The zero-order valence-corrected chi connectivity index (χ0v) is 21.7. The molecule has 3 aromatic carbocycles. The van der Waals surface area contributed by atoms with Crippen LogP contribution in [0.3, 0.4) is 0 Å². The summed E-state index contributed by atoms with van der Waals surface area (Å²) in [5.74, 6) is 0. The maximum absolute atomic E-state index is 13.8. The highest BCUT2D eigenvalue weighted by Crippen LogP contribution is 2.36. The van der Waals surface area contributed by atoms with Gasteiger partial charge < -0.3 is 10.6 Å². The van der Waals surface area contributed by atoms with Crippen LogP contribution in [0.4, 0.5) is 4.39 Å². The van der Waals surface area contributed by atoms with Crippen LogP contribution < -0.4 is 10.6 Å².